The minimum Gasteiger partial charge on any atom is -0.495 e. The van der Waals surface area contributed by atoms with Gasteiger partial charge in [0.25, 0.3) is 0 Å². The predicted octanol–water partition coefficient (Wildman–Crippen LogP) is 4.51. The van der Waals surface area contributed by atoms with Gasteiger partial charge in [0, 0.05) is 15.7 Å². The van der Waals surface area contributed by atoms with Crippen LogP contribution in [0.25, 0.3) is 0 Å². The lowest BCUT2D eigenvalue weighted by atomic mass is 10.1. The molecule has 0 N–H and O–H groups in total. The Labute approximate surface area is 122 Å². The molecule has 0 aromatic heterocycles. The molecule has 2 aromatic carbocycles. The third kappa shape index (κ3) is 3.66. The Morgan fingerprint density at radius 3 is 2.79 bits per heavy atom. The SMILES string of the molecule is COc1ccc(CSc2cccc(Cl)c2)cc1C#N. The van der Waals surface area contributed by atoms with Crippen molar-refractivity contribution in [3.05, 3.63) is 58.6 Å². The zero-order valence-corrected chi connectivity index (χ0v) is 12.0. The van der Waals surface area contributed by atoms with Crippen molar-refractivity contribution in [1.82, 2.24) is 0 Å². The summed E-state index contributed by atoms with van der Waals surface area (Å²) >= 11 is 7.63. The van der Waals surface area contributed by atoms with Crippen LogP contribution in [0.5, 0.6) is 5.75 Å². The Morgan fingerprint density at radius 1 is 1.26 bits per heavy atom. The van der Waals surface area contributed by atoms with Crippen LogP contribution >= 0.6 is 23.4 Å². The number of hydrogen-bond donors (Lipinski definition) is 0. The van der Waals surface area contributed by atoms with Gasteiger partial charge in [0.2, 0.25) is 0 Å². The summed E-state index contributed by atoms with van der Waals surface area (Å²) in [6, 6.07) is 15.5. The van der Waals surface area contributed by atoms with Gasteiger partial charge in [-0.15, -0.1) is 11.8 Å². The summed E-state index contributed by atoms with van der Waals surface area (Å²) in [5.74, 6) is 1.40. The molecule has 2 aromatic rings. The molecular formula is C15H12ClNOS. The van der Waals surface area contributed by atoms with E-state index in [0.29, 0.717) is 11.3 Å². The van der Waals surface area contributed by atoms with Crippen LogP contribution in [0.1, 0.15) is 11.1 Å². The molecule has 19 heavy (non-hydrogen) atoms. The first-order valence-corrected chi connectivity index (χ1v) is 7.04. The van der Waals surface area contributed by atoms with Crippen molar-refractivity contribution in [2.45, 2.75) is 10.6 Å². The zero-order valence-electron chi connectivity index (χ0n) is 10.4. The minimum atomic E-state index is 0.562. The molecule has 96 valence electrons. The second-order valence-electron chi connectivity index (χ2n) is 3.89. The third-order valence-electron chi connectivity index (χ3n) is 2.59. The highest BCUT2D eigenvalue weighted by molar-refractivity contribution is 7.98. The minimum absolute atomic E-state index is 0.562. The fourth-order valence-electron chi connectivity index (χ4n) is 1.66. The van der Waals surface area contributed by atoms with Crippen molar-refractivity contribution in [2.75, 3.05) is 7.11 Å². The average Bonchev–Trinajstić information content (AvgIpc) is 2.45. The molecule has 0 aliphatic carbocycles. The lowest BCUT2D eigenvalue weighted by Crippen LogP contribution is -1.90. The number of rotatable bonds is 4. The van der Waals surface area contributed by atoms with Crippen LogP contribution in [0, 0.1) is 11.3 Å². The fourth-order valence-corrected chi connectivity index (χ4v) is 2.81. The number of halogens is 1. The predicted molar refractivity (Wildman–Crippen MR) is 78.7 cm³/mol. The Hall–Kier alpha value is -1.63. The lowest BCUT2D eigenvalue weighted by molar-refractivity contribution is 0.413. The topological polar surface area (TPSA) is 33.0 Å². The molecule has 0 amide bonds. The largest absolute Gasteiger partial charge is 0.495 e. The molecule has 0 heterocycles. The van der Waals surface area contributed by atoms with Crippen molar-refractivity contribution < 1.29 is 4.74 Å². The zero-order chi connectivity index (χ0) is 13.7. The van der Waals surface area contributed by atoms with E-state index in [-0.39, 0.29) is 0 Å². The van der Waals surface area contributed by atoms with Crippen LogP contribution in [0.2, 0.25) is 5.02 Å². The summed E-state index contributed by atoms with van der Waals surface area (Å²) in [7, 11) is 1.57. The molecule has 0 bridgehead atoms. The molecule has 0 saturated heterocycles. The van der Waals surface area contributed by atoms with E-state index in [1.54, 1.807) is 18.9 Å². The quantitative estimate of drug-likeness (QED) is 0.776. The van der Waals surface area contributed by atoms with Crippen molar-refractivity contribution in [3.8, 4) is 11.8 Å². The number of hydrogen-bond acceptors (Lipinski definition) is 3. The molecule has 0 aliphatic rings. The van der Waals surface area contributed by atoms with Gasteiger partial charge in [-0.2, -0.15) is 5.26 Å². The second-order valence-corrected chi connectivity index (χ2v) is 5.38. The van der Waals surface area contributed by atoms with Crippen LogP contribution in [-0.2, 0) is 5.75 Å². The molecule has 2 rings (SSSR count). The highest BCUT2D eigenvalue weighted by atomic mass is 35.5. The van der Waals surface area contributed by atoms with E-state index in [9.17, 15) is 0 Å². The van der Waals surface area contributed by atoms with Gasteiger partial charge in [-0.05, 0) is 35.9 Å². The molecule has 0 fully saturated rings. The van der Waals surface area contributed by atoms with Crippen LogP contribution in [0.4, 0.5) is 0 Å². The Morgan fingerprint density at radius 2 is 2.11 bits per heavy atom. The van der Waals surface area contributed by atoms with E-state index in [1.165, 1.54) is 0 Å². The van der Waals surface area contributed by atoms with E-state index < -0.39 is 0 Å². The smallest absolute Gasteiger partial charge is 0.136 e. The molecule has 0 atom stereocenters. The number of benzene rings is 2. The van der Waals surface area contributed by atoms with Crippen LogP contribution < -0.4 is 4.74 Å². The molecule has 2 nitrogen and oxygen atoms in total. The van der Waals surface area contributed by atoms with Crippen LogP contribution in [0.15, 0.2) is 47.4 Å². The number of ether oxygens (including phenoxy) is 1. The average molecular weight is 290 g/mol. The first kappa shape index (κ1) is 13.8. The molecule has 0 radical (unpaired) electrons. The van der Waals surface area contributed by atoms with Crippen LogP contribution in [-0.4, -0.2) is 7.11 Å². The van der Waals surface area contributed by atoms with Gasteiger partial charge in [0.1, 0.15) is 11.8 Å². The highest BCUT2D eigenvalue weighted by Gasteiger charge is 2.04. The fraction of sp³-hybridized carbons (Fsp3) is 0.133. The standard InChI is InChI=1S/C15H12ClNOS/c1-18-15-6-5-11(7-12(15)9-17)10-19-14-4-2-3-13(16)8-14/h2-8H,10H2,1H3. The molecular weight excluding hydrogens is 278 g/mol. The Balaban J connectivity index is 2.10. The van der Waals surface area contributed by atoms with E-state index >= 15 is 0 Å². The Kier molecular flexibility index (Phi) is 4.73. The van der Waals surface area contributed by atoms with Crippen molar-refractivity contribution in [2.24, 2.45) is 0 Å². The summed E-state index contributed by atoms with van der Waals surface area (Å²) in [5.41, 5.74) is 1.65. The van der Waals surface area contributed by atoms with Gasteiger partial charge in [-0.25, -0.2) is 0 Å². The first-order valence-electron chi connectivity index (χ1n) is 5.68. The highest BCUT2D eigenvalue weighted by Crippen LogP contribution is 2.27. The van der Waals surface area contributed by atoms with Gasteiger partial charge < -0.3 is 4.74 Å². The summed E-state index contributed by atoms with van der Waals surface area (Å²) < 4.78 is 5.12. The maximum atomic E-state index is 9.04. The van der Waals surface area contributed by atoms with Crippen molar-refractivity contribution in [1.29, 1.82) is 5.26 Å². The number of nitriles is 1. The van der Waals surface area contributed by atoms with Crippen molar-refractivity contribution in [3.63, 3.8) is 0 Å². The van der Waals surface area contributed by atoms with E-state index in [4.69, 9.17) is 21.6 Å². The maximum absolute atomic E-state index is 9.04. The summed E-state index contributed by atoms with van der Waals surface area (Å²) in [5, 5.41) is 9.78. The van der Waals surface area contributed by atoms with Gasteiger partial charge >= 0.3 is 0 Å². The van der Waals surface area contributed by atoms with E-state index in [1.807, 2.05) is 42.5 Å². The Bertz CT molecular complexity index is 622. The maximum Gasteiger partial charge on any atom is 0.136 e. The molecule has 4 heteroatoms. The first-order chi connectivity index (χ1) is 9.22. The summed E-state index contributed by atoms with van der Waals surface area (Å²) in [6.07, 6.45) is 0. The number of methoxy groups -OCH3 is 1. The van der Waals surface area contributed by atoms with Crippen molar-refractivity contribution >= 4 is 23.4 Å². The molecule has 0 spiro atoms. The van der Waals surface area contributed by atoms with Gasteiger partial charge in [-0.1, -0.05) is 23.7 Å². The van der Waals surface area contributed by atoms with E-state index in [0.717, 1.165) is 21.2 Å². The molecule has 0 aliphatic heterocycles. The van der Waals surface area contributed by atoms with Gasteiger partial charge in [0.05, 0.1) is 12.7 Å². The summed E-state index contributed by atoms with van der Waals surface area (Å²) in [6.45, 7) is 0. The molecule has 0 unspecified atom stereocenters. The number of thioether (sulfide) groups is 1. The third-order valence-corrected chi connectivity index (χ3v) is 3.89. The van der Waals surface area contributed by atoms with Crippen LogP contribution in [0.3, 0.4) is 0 Å². The van der Waals surface area contributed by atoms with Gasteiger partial charge in [0.15, 0.2) is 0 Å². The van der Waals surface area contributed by atoms with E-state index in [2.05, 4.69) is 6.07 Å². The van der Waals surface area contributed by atoms with Gasteiger partial charge in [-0.3, -0.25) is 0 Å². The lowest BCUT2D eigenvalue weighted by Gasteiger charge is -2.06. The molecule has 0 saturated carbocycles. The second kappa shape index (κ2) is 6.51. The summed E-state index contributed by atoms with van der Waals surface area (Å²) in [4.78, 5) is 1.11. The monoisotopic (exact) mass is 289 g/mol. The number of nitrogens with zero attached hydrogens (tertiary/aromatic N) is 1. The normalized spacial score (nSPS) is 9.95.